The van der Waals surface area contributed by atoms with Crippen molar-refractivity contribution in [1.29, 1.82) is 0 Å². The highest BCUT2D eigenvalue weighted by Crippen LogP contribution is 2.26. The fraction of sp³-hybridized carbons (Fsp3) is 0. The summed E-state index contributed by atoms with van der Waals surface area (Å²) in [4.78, 5) is 20.1. The van der Waals surface area contributed by atoms with E-state index in [1.807, 2.05) is 0 Å². The molecule has 1 aromatic rings. The lowest BCUT2D eigenvalue weighted by molar-refractivity contribution is -0.384. The zero-order valence-corrected chi connectivity index (χ0v) is 6.97. The van der Waals surface area contributed by atoms with Crippen LogP contribution in [0.1, 0.15) is 0 Å². The lowest BCUT2D eigenvalue weighted by atomic mass is 10.2. The van der Waals surface area contributed by atoms with E-state index in [1.165, 1.54) is 12.1 Å². The number of nitrogen functional groups attached to an aromatic ring is 1. The first-order chi connectivity index (χ1) is 6.50. The van der Waals surface area contributed by atoms with Crippen LogP contribution in [0.3, 0.4) is 0 Å². The molecule has 7 nitrogen and oxygen atoms in total. The Hall–Kier alpha value is -2.31. The van der Waals surface area contributed by atoms with Crippen molar-refractivity contribution in [1.82, 2.24) is 0 Å². The van der Waals surface area contributed by atoms with E-state index in [2.05, 4.69) is 4.74 Å². The number of nitrogens with zero attached hydrogens (tertiary/aromatic N) is 1. The summed E-state index contributed by atoms with van der Waals surface area (Å²) in [5, 5.41) is 10.3. The Balaban J connectivity index is 3.08. The number of carbonyl (C=O) groups is 1. The van der Waals surface area contributed by atoms with Crippen LogP contribution in [0.2, 0.25) is 0 Å². The zero-order chi connectivity index (χ0) is 10.7. The van der Waals surface area contributed by atoms with Gasteiger partial charge in [-0.25, -0.2) is 4.79 Å². The van der Waals surface area contributed by atoms with Gasteiger partial charge in [0.25, 0.3) is 5.69 Å². The van der Waals surface area contributed by atoms with E-state index in [-0.39, 0.29) is 17.1 Å². The summed E-state index contributed by atoms with van der Waals surface area (Å²) in [7, 11) is 0. The van der Waals surface area contributed by atoms with Crippen LogP contribution in [0.25, 0.3) is 0 Å². The van der Waals surface area contributed by atoms with Crippen LogP contribution < -0.4 is 16.2 Å². The Kier molecular flexibility index (Phi) is 2.52. The molecule has 0 aromatic heterocycles. The molecule has 4 N–H and O–H groups in total. The summed E-state index contributed by atoms with van der Waals surface area (Å²) in [5.74, 6) is -0.119. The van der Waals surface area contributed by atoms with Crippen molar-refractivity contribution in [2.45, 2.75) is 0 Å². The average Bonchev–Trinajstić information content (AvgIpc) is 2.07. The molecule has 1 amide bonds. The van der Waals surface area contributed by atoms with Gasteiger partial charge in [0.2, 0.25) is 0 Å². The molecule has 14 heavy (non-hydrogen) atoms. The smallest absolute Gasteiger partial charge is 0.408 e. The minimum absolute atomic E-state index is 0.106. The summed E-state index contributed by atoms with van der Waals surface area (Å²) in [5.41, 5.74) is 9.99. The SMILES string of the molecule is NC(=O)Oc1cc([N+](=O)[O-])ccc1N. The van der Waals surface area contributed by atoms with Gasteiger partial charge in [-0.05, 0) is 6.07 Å². The second kappa shape index (κ2) is 3.60. The number of hydrogen-bond acceptors (Lipinski definition) is 5. The van der Waals surface area contributed by atoms with Gasteiger partial charge in [0, 0.05) is 6.07 Å². The van der Waals surface area contributed by atoms with Crippen LogP contribution in [-0.2, 0) is 0 Å². The summed E-state index contributed by atoms with van der Waals surface area (Å²) in [6.45, 7) is 0. The highest BCUT2D eigenvalue weighted by molar-refractivity contribution is 5.71. The number of nitro benzene ring substituents is 1. The summed E-state index contributed by atoms with van der Waals surface area (Å²) >= 11 is 0. The average molecular weight is 197 g/mol. The van der Waals surface area contributed by atoms with Gasteiger partial charge >= 0.3 is 6.09 Å². The van der Waals surface area contributed by atoms with Crippen molar-refractivity contribution in [2.24, 2.45) is 5.73 Å². The molecular weight excluding hydrogens is 190 g/mol. The van der Waals surface area contributed by atoms with Crippen molar-refractivity contribution in [3.8, 4) is 5.75 Å². The van der Waals surface area contributed by atoms with Crippen LogP contribution in [0.4, 0.5) is 16.2 Å². The first-order valence-electron chi connectivity index (χ1n) is 3.52. The van der Waals surface area contributed by atoms with Crippen molar-refractivity contribution in [3.63, 3.8) is 0 Å². The lowest BCUT2D eigenvalue weighted by Gasteiger charge is -2.03. The Labute approximate surface area is 78.4 Å². The summed E-state index contributed by atoms with van der Waals surface area (Å²) in [6, 6.07) is 3.49. The molecule has 0 fully saturated rings. The molecule has 0 atom stereocenters. The molecule has 0 saturated heterocycles. The maximum absolute atomic E-state index is 10.4. The van der Waals surface area contributed by atoms with Gasteiger partial charge in [0.05, 0.1) is 16.7 Å². The van der Waals surface area contributed by atoms with Gasteiger partial charge in [-0.2, -0.15) is 0 Å². The number of carbonyl (C=O) groups excluding carboxylic acids is 1. The number of ether oxygens (including phenoxy) is 1. The van der Waals surface area contributed by atoms with Crippen LogP contribution in [0.5, 0.6) is 5.75 Å². The minimum Gasteiger partial charge on any atom is -0.408 e. The molecule has 0 aliphatic carbocycles. The van der Waals surface area contributed by atoms with Crippen LogP contribution in [-0.4, -0.2) is 11.0 Å². The number of non-ortho nitro benzene ring substituents is 1. The summed E-state index contributed by atoms with van der Waals surface area (Å²) < 4.78 is 4.45. The van der Waals surface area contributed by atoms with E-state index in [1.54, 1.807) is 0 Å². The second-order valence-corrected chi connectivity index (χ2v) is 2.40. The minimum atomic E-state index is -1.07. The van der Waals surface area contributed by atoms with Gasteiger partial charge in [0.15, 0.2) is 5.75 Å². The van der Waals surface area contributed by atoms with Gasteiger partial charge in [-0.1, -0.05) is 0 Å². The highest BCUT2D eigenvalue weighted by atomic mass is 16.6. The fourth-order valence-corrected chi connectivity index (χ4v) is 0.833. The third kappa shape index (κ3) is 2.09. The van der Waals surface area contributed by atoms with Gasteiger partial charge in [0.1, 0.15) is 0 Å². The van der Waals surface area contributed by atoms with Gasteiger partial charge in [-0.15, -0.1) is 0 Å². The van der Waals surface area contributed by atoms with E-state index in [4.69, 9.17) is 11.5 Å². The molecule has 0 aliphatic rings. The Morgan fingerprint density at radius 1 is 1.50 bits per heavy atom. The molecule has 0 saturated carbocycles. The van der Waals surface area contributed by atoms with Crippen molar-refractivity contribution >= 4 is 17.5 Å². The Morgan fingerprint density at radius 2 is 2.14 bits per heavy atom. The molecule has 0 bridgehead atoms. The molecule has 1 aromatic carbocycles. The molecule has 0 heterocycles. The standard InChI is InChI=1S/C7H7N3O4/c8-5-2-1-4(10(12)13)3-6(5)14-7(9)11/h1-3H,8H2,(H2,9,11). The number of amides is 1. The Morgan fingerprint density at radius 3 is 2.64 bits per heavy atom. The topological polar surface area (TPSA) is 121 Å². The van der Waals surface area contributed by atoms with Crippen molar-refractivity contribution < 1.29 is 14.5 Å². The maximum Gasteiger partial charge on any atom is 0.410 e. The van der Waals surface area contributed by atoms with Crippen LogP contribution in [0, 0.1) is 10.1 Å². The third-order valence-corrected chi connectivity index (χ3v) is 1.42. The van der Waals surface area contributed by atoms with E-state index in [9.17, 15) is 14.9 Å². The van der Waals surface area contributed by atoms with Crippen LogP contribution in [0.15, 0.2) is 18.2 Å². The molecule has 0 aliphatic heterocycles. The number of rotatable bonds is 2. The molecule has 0 unspecified atom stereocenters. The number of primary amides is 1. The first kappa shape index (κ1) is 9.78. The van der Waals surface area contributed by atoms with Gasteiger partial charge < -0.3 is 16.2 Å². The largest absolute Gasteiger partial charge is 0.410 e. The maximum atomic E-state index is 10.4. The molecule has 7 heteroatoms. The molecule has 74 valence electrons. The Bertz CT molecular complexity index is 391. The van der Waals surface area contributed by atoms with E-state index >= 15 is 0 Å². The monoisotopic (exact) mass is 197 g/mol. The molecular formula is C7H7N3O4. The molecule has 0 spiro atoms. The van der Waals surface area contributed by atoms with E-state index in [0.717, 1.165) is 6.07 Å². The first-order valence-corrected chi connectivity index (χ1v) is 3.52. The second-order valence-electron chi connectivity index (χ2n) is 2.40. The zero-order valence-electron chi connectivity index (χ0n) is 6.97. The quantitative estimate of drug-likeness (QED) is 0.409. The highest BCUT2D eigenvalue weighted by Gasteiger charge is 2.11. The normalized spacial score (nSPS) is 9.43. The summed E-state index contributed by atoms with van der Waals surface area (Å²) in [6.07, 6.45) is -1.07. The van der Waals surface area contributed by atoms with Gasteiger partial charge in [-0.3, -0.25) is 10.1 Å². The molecule has 0 radical (unpaired) electrons. The van der Waals surface area contributed by atoms with E-state index in [0.29, 0.717) is 0 Å². The number of anilines is 1. The molecule has 1 rings (SSSR count). The number of benzene rings is 1. The number of nitro groups is 1. The van der Waals surface area contributed by atoms with Crippen molar-refractivity contribution in [3.05, 3.63) is 28.3 Å². The fourth-order valence-electron chi connectivity index (χ4n) is 0.833. The van der Waals surface area contributed by atoms with E-state index < -0.39 is 11.0 Å². The third-order valence-electron chi connectivity index (χ3n) is 1.42. The van der Waals surface area contributed by atoms with Crippen LogP contribution >= 0.6 is 0 Å². The predicted molar refractivity (Wildman–Crippen MR) is 47.7 cm³/mol. The van der Waals surface area contributed by atoms with Crippen molar-refractivity contribution in [2.75, 3.05) is 5.73 Å². The number of hydrogen-bond donors (Lipinski definition) is 2. The lowest BCUT2D eigenvalue weighted by Crippen LogP contribution is -2.17. The predicted octanol–water partition coefficient (Wildman–Crippen LogP) is 0.635. The number of nitrogens with two attached hydrogens (primary N) is 2.